The van der Waals surface area contributed by atoms with Gasteiger partial charge in [-0.3, -0.25) is 9.78 Å². The van der Waals surface area contributed by atoms with E-state index in [0.717, 1.165) is 0 Å². The van der Waals surface area contributed by atoms with Gasteiger partial charge in [-0.05, 0) is 24.3 Å². The summed E-state index contributed by atoms with van der Waals surface area (Å²) in [6, 6.07) is 5.91. The molecule has 0 atom stereocenters. The number of carbonyl (C=O) groups excluding carboxylic acids is 1. The van der Waals surface area contributed by atoms with Gasteiger partial charge in [0.1, 0.15) is 12.1 Å². The number of fused-ring (bicyclic) bond motifs is 1. The molecule has 0 fully saturated rings. The van der Waals surface area contributed by atoms with Crippen molar-refractivity contribution in [3.63, 3.8) is 0 Å². The normalized spacial score (nSPS) is 11.0. The lowest BCUT2D eigenvalue weighted by Crippen LogP contribution is -2.25. The molecule has 26 heavy (non-hydrogen) atoms. The van der Waals surface area contributed by atoms with E-state index >= 15 is 0 Å². The van der Waals surface area contributed by atoms with E-state index in [9.17, 15) is 9.18 Å². The van der Waals surface area contributed by atoms with E-state index in [1.165, 1.54) is 24.6 Å². The highest BCUT2D eigenvalue weighted by molar-refractivity contribution is 6.00. The minimum Gasteiger partial charge on any atom is -0.444 e. The van der Waals surface area contributed by atoms with Crippen LogP contribution in [0, 0.1) is 5.82 Å². The second-order valence-electron chi connectivity index (χ2n) is 5.62. The molecule has 3 aromatic heterocycles. The van der Waals surface area contributed by atoms with Crippen LogP contribution in [-0.4, -0.2) is 32.0 Å². The van der Waals surface area contributed by atoms with E-state index in [2.05, 4.69) is 20.4 Å². The molecule has 0 saturated heterocycles. The molecule has 0 spiro atoms. The van der Waals surface area contributed by atoms with Gasteiger partial charge in [0.15, 0.2) is 0 Å². The average molecular weight is 351 g/mol. The molecule has 8 heteroatoms. The molecule has 0 aliphatic carbocycles. The summed E-state index contributed by atoms with van der Waals surface area (Å²) in [5.41, 5.74) is 2.50. The van der Waals surface area contributed by atoms with Gasteiger partial charge in [-0.1, -0.05) is 0 Å². The van der Waals surface area contributed by atoms with Crippen LogP contribution >= 0.6 is 0 Å². The molecule has 1 N–H and O–H groups in total. The number of nitrogens with zero attached hydrogens (tertiary/aromatic N) is 4. The van der Waals surface area contributed by atoms with Gasteiger partial charge in [0.25, 0.3) is 5.91 Å². The van der Waals surface area contributed by atoms with Gasteiger partial charge < -0.3 is 9.73 Å². The monoisotopic (exact) mass is 351 g/mol. The Bertz CT molecular complexity index is 1050. The molecular formula is C18H14FN5O2. The highest BCUT2D eigenvalue weighted by Gasteiger charge is 2.13. The number of hydrogen-bond acceptors (Lipinski definition) is 5. The lowest BCUT2D eigenvalue weighted by Gasteiger charge is -2.02. The van der Waals surface area contributed by atoms with E-state index in [-0.39, 0.29) is 11.7 Å². The molecule has 0 aliphatic rings. The lowest BCUT2D eigenvalue weighted by atomic mass is 10.2. The summed E-state index contributed by atoms with van der Waals surface area (Å²) in [6.45, 7) is 0.395. The van der Waals surface area contributed by atoms with Crippen molar-refractivity contribution in [2.45, 2.75) is 6.42 Å². The molecule has 0 unspecified atom stereocenters. The first-order chi connectivity index (χ1) is 12.7. The Labute approximate surface area is 147 Å². The van der Waals surface area contributed by atoms with Crippen LogP contribution < -0.4 is 5.32 Å². The molecule has 130 valence electrons. The van der Waals surface area contributed by atoms with Crippen LogP contribution in [0.4, 0.5) is 4.39 Å². The highest BCUT2D eigenvalue weighted by atomic mass is 19.1. The molecule has 3 heterocycles. The molecule has 4 rings (SSSR count). The summed E-state index contributed by atoms with van der Waals surface area (Å²) in [4.78, 5) is 20.7. The van der Waals surface area contributed by atoms with Crippen molar-refractivity contribution >= 4 is 11.4 Å². The average Bonchev–Trinajstić information content (AvgIpc) is 3.29. The summed E-state index contributed by atoms with van der Waals surface area (Å²) >= 11 is 0. The van der Waals surface area contributed by atoms with Crippen molar-refractivity contribution in [2.24, 2.45) is 0 Å². The van der Waals surface area contributed by atoms with Gasteiger partial charge in [0, 0.05) is 30.9 Å². The highest BCUT2D eigenvalue weighted by Crippen LogP contribution is 2.19. The van der Waals surface area contributed by atoms with E-state index in [4.69, 9.17) is 4.42 Å². The van der Waals surface area contributed by atoms with Crippen molar-refractivity contribution in [3.05, 3.63) is 72.4 Å². The summed E-state index contributed by atoms with van der Waals surface area (Å²) in [5.74, 6) is -0.124. The van der Waals surface area contributed by atoms with Gasteiger partial charge in [-0.25, -0.2) is 13.9 Å². The fourth-order valence-electron chi connectivity index (χ4n) is 2.56. The molecular weight excluding hydrogens is 337 g/mol. The number of rotatable bonds is 5. The van der Waals surface area contributed by atoms with Gasteiger partial charge >= 0.3 is 0 Å². The molecule has 4 aromatic rings. The maximum absolute atomic E-state index is 13.0. The second kappa shape index (κ2) is 6.75. The standard InChI is InChI=1S/C18H14FN5O2/c19-13-3-1-12(2-4-13)18-23-14(11-26-18)5-6-21-17(25)15-9-22-24-8-7-20-10-16(15)24/h1-4,7-11H,5-6H2,(H,21,25). The van der Waals surface area contributed by atoms with Crippen molar-refractivity contribution in [3.8, 4) is 11.5 Å². The fraction of sp³-hybridized carbons (Fsp3) is 0.111. The van der Waals surface area contributed by atoms with Gasteiger partial charge in [-0.2, -0.15) is 5.10 Å². The van der Waals surface area contributed by atoms with Crippen molar-refractivity contribution in [1.82, 2.24) is 24.9 Å². The molecule has 0 bridgehead atoms. The van der Waals surface area contributed by atoms with Gasteiger partial charge in [-0.15, -0.1) is 0 Å². The largest absolute Gasteiger partial charge is 0.444 e. The smallest absolute Gasteiger partial charge is 0.255 e. The van der Waals surface area contributed by atoms with Gasteiger partial charge in [0.05, 0.1) is 29.2 Å². The van der Waals surface area contributed by atoms with E-state index < -0.39 is 0 Å². The number of nitrogens with one attached hydrogen (secondary N) is 1. The molecule has 1 aromatic carbocycles. The number of halogens is 1. The Hall–Kier alpha value is -3.55. The number of benzene rings is 1. The van der Waals surface area contributed by atoms with Crippen LogP contribution in [0.15, 0.2) is 59.7 Å². The summed E-state index contributed by atoms with van der Waals surface area (Å²) in [6.07, 6.45) is 8.42. The lowest BCUT2D eigenvalue weighted by molar-refractivity contribution is 0.0955. The SMILES string of the molecule is O=C(NCCc1coc(-c2ccc(F)cc2)n1)c1cnn2ccncc12. The molecule has 0 aliphatic heterocycles. The minimum atomic E-state index is -0.314. The summed E-state index contributed by atoms with van der Waals surface area (Å²) < 4.78 is 20.0. The Morgan fingerprint density at radius 2 is 2.08 bits per heavy atom. The third-order valence-electron chi connectivity index (χ3n) is 3.88. The Balaban J connectivity index is 1.37. The maximum Gasteiger partial charge on any atom is 0.255 e. The first-order valence-electron chi connectivity index (χ1n) is 7.96. The Kier molecular flexibility index (Phi) is 4.14. The molecule has 0 saturated carbocycles. The molecule has 0 radical (unpaired) electrons. The Morgan fingerprint density at radius 3 is 2.92 bits per heavy atom. The number of oxazole rings is 1. The second-order valence-corrected chi connectivity index (χ2v) is 5.62. The van der Waals surface area contributed by atoms with Crippen molar-refractivity contribution in [1.29, 1.82) is 0 Å². The van der Waals surface area contributed by atoms with E-state index in [0.29, 0.717) is 41.2 Å². The van der Waals surface area contributed by atoms with Crippen LogP contribution in [0.1, 0.15) is 16.1 Å². The maximum atomic E-state index is 13.0. The molecule has 7 nitrogen and oxygen atoms in total. The van der Waals surface area contributed by atoms with Crippen LogP contribution in [-0.2, 0) is 6.42 Å². The predicted octanol–water partition coefficient (Wildman–Crippen LogP) is 2.50. The van der Waals surface area contributed by atoms with Crippen LogP contribution in [0.5, 0.6) is 0 Å². The third kappa shape index (κ3) is 3.16. The van der Waals surface area contributed by atoms with Crippen LogP contribution in [0.2, 0.25) is 0 Å². The zero-order valence-corrected chi connectivity index (χ0v) is 13.6. The molecule has 1 amide bonds. The quantitative estimate of drug-likeness (QED) is 0.597. The fourth-order valence-corrected chi connectivity index (χ4v) is 2.56. The van der Waals surface area contributed by atoms with Gasteiger partial charge in [0.2, 0.25) is 5.89 Å². The minimum absolute atomic E-state index is 0.227. The van der Waals surface area contributed by atoms with Crippen molar-refractivity contribution < 1.29 is 13.6 Å². The van der Waals surface area contributed by atoms with Crippen LogP contribution in [0.3, 0.4) is 0 Å². The predicted molar refractivity (Wildman–Crippen MR) is 90.9 cm³/mol. The number of hydrogen-bond donors (Lipinski definition) is 1. The third-order valence-corrected chi connectivity index (χ3v) is 3.88. The Morgan fingerprint density at radius 1 is 1.23 bits per heavy atom. The summed E-state index contributed by atoms with van der Waals surface area (Å²) in [7, 11) is 0. The zero-order chi connectivity index (χ0) is 17.9. The number of carbonyl (C=O) groups is 1. The number of aromatic nitrogens is 4. The van der Waals surface area contributed by atoms with Crippen molar-refractivity contribution in [2.75, 3.05) is 6.54 Å². The van der Waals surface area contributed by atoms with E-state index in [1.807, 2.05) is 0 Å². The number of amides is 1. The van der Waals surface area contributed by atoms with Crippen LogP contribution in [0.25, 0.3) is 17.0 Å². The first-order valence-corrected chi connectivity index (χ1v) is 7.96. The summed E-state index contributed by atoms with van der Waals surface area (Å²) in [5, 5.41) is 6.94. The topological polar surface area (TPSA) is 85.3 Å². The first kappa shape index (κ1) is 15.9. The van der Waals surface area contributed by atoms with E-state index in [1.54, 1.807) is 35.2 Å². The zero-order valence-electron chi connectivity index (χ0n) is 13.6.